The maximum absolute atomic E-state index is 11.9. The lowest BCUT2D eigenvalue weighted by molar-refractivity contribution is 0.155. The Bertz CT molecular complexity index is 809. The summed E-state index contributed by atoms with van der Waals surface area (Å²) in [6, 6.07) is 12.8. The van der Waals surface area contributed by atoms with E-state index in [2.05, 4.69) is 15.3 Å². The van der Waals surface area contributed by atoms with E-state index in [4.69, 9.17) is 16.3 Å². The van der Waals surface area contributed by atoms with Crippen molar-refractivity contribution < 1.29 is 9.53 Å². The van der Waals surface area contributed by atoms with E-state index >= 15 is 0 Å². The Morgan fingerprint density at radius 2 is 1.86 bits per heavy atom. The van der Waals surface area contributed by atoms with Crippen molar-refractivity contribution in [2.75, 3.05) is 5.32 Å². The zero-order valence-electron chi connectivity index (χ0n) is 11.5. The molecule has 110 valence electrons. The van der Waals surface area contributed by atoms with Gasteiger partial charge in [0.05, 0.1) is 16.2 Å². The molecule has 6 heteroatoms. The first kappa shape index (κ1) is 14.3. The number of halogens is 1. The van der Waals surface area contributed by atoms with Crippen molar-refractivity contribution in [3.63, 3.8) is 0 Å². The average Bonchev–Trinajstić information content (AvgIpc) is 2.56. The minimum Gasteiger partial charge on any atom is -0.444 e. The Morgan fingerprint density at radius 3 is 2.68 bits per heavy atom. The largest absolute Gasteiger partial charge is 0.444 e. The Hall–Kier alpha value is -2.66. The third-order valence-corrected chi connectivity index (χ3v) is 3.34. The molecule has 1 heterocycles. The van der Waals surface area contributed by atoms with Crippen LogP contribution in [0.25, 0.3) is 11.0 Å². The Kier molecular flexibility index (Phi) is 4.16. The summed E-state index contributed by atoms with van der Waals surface area (Å²) < 4.78 is 5.18. The summed E-state index contributed by atoms with van der Waals surface area (Å²) in [5, 5.41) is 3.01. The molecule has 0 saturated carbocycles. The smallest absolute Gasteiger partial charge is 0.412 e. The molecule has 22 heavy (non-hydrogen) atoms. The number of hydrogen-bond donors (Lipinski definition) is 1. The van der Waals surface area contributed by atoms with Gasteiger partial charge in [-0.15, -0.1) is 0 Å². The molecule has 0 fully saturated rings. The number of hydrogen-bond acceptors (Lipinski definition) is 4. The number of amides is 1. The fourth-order valence-electron chi connectivity index (χ4n) is 1.99. The molecule has 0 spiro atoms. The molecule has 0 aliphatic carbocycles. The van der Waals surface area contributed by atoms with Gasteiger partial charge < -0.3 is 4.74 Å². The van der Waals surface area contributed by atoms with E-state index in [0.717, 1.165) is 5.56 Å². The molecule has 1 aromatic heterocycles. The van der Waals surface area contributed by atoms with Crippen molar-refractivity contribution in [2.24, 2.45) is 0 Å². The molecule has 0 atom stereocenters. The van der Waals surface area contributed by atoms with Crippen LogP contribution in [-0.2, 0) is 11.3 Å². The predicted octanol–water partition coefficient (Wildman–Crippen LogP) is 4.03. The second-order valence-corrected chi connectivity index (χ2v) is 4.94. The highest BCUT2D eigenvalue weighted by atomic mass is 35.5. The second kappa shape index (κ2) is 6.41. The summed E-state index contributed by atoms with van der Waals surface area (Å²) in [4.78, 5) is 20.3. The SMILES string of the molecule is O=C(Nc1c(Cl)ccc2nccnc12)OCc1ccccc1. The van der Waals surface area contributed by atoms with Crippen molar-refractivity contribution >= 4 is 34.4 Å². The quantitative estimate of drug-likeness (QED) is 0.793. The summed E-state index contributed by atoms with van der Waals surface area (Å²) in [6.07, 6.45) is 2.52. The second-order valence-electron chi connectivity index (χ2n) is 4.53. The lowest BCUT2D eigenvalue weighted by atomic mass is 10.2. The van der Waals surface area contributed by atoms with Crippen molar-refractivity contribution in [3.8, 4) is 0 Å². The number of nitrogens with zero attached hydrogens (tertiary/aromatic N) is 2. The van der Waals surface area contributed by atoms with E-state index in [0.29, 0.717) is 21.7 Å². The number of ether oxygens (including phenoxy) is 1. The molecular formula is C16H12ClN3O2. The Balaban J connectivity index is 1.75. The van der Waals surface area contributed by atoms with Crippen molar-refractivity contribution in [2.45, 2.75) is 6.61 Å². The van der Waals surface area contributed by atoms with Gasteiger partial charge >= 0.3 is 6.09 Å². The number of benzene rings is 2. The number of fused-ring (bicyclic) bond motifs is 1. The average molecular weight is 314 g/mol. The third-order valence-electron chi connectivity index (χ3n) is 3.03. The summed E-state index contributed by atoms with van der Waals surface area (Å²) in [6.45, 7) is 0.181. The van der Waals surface area contributed by atoms with Gasteiger partial charge in [-0.05, 0) is 17.7 Å². The van der Waals surface area contributed by atoms with Crippen LogP contribution in [0.2, 0.25) is 5.02 Å². The molecule has 0 aliphatic heterocycles. The van der Waals surface area contributed by atoms with E-state index in [1.165, 1.54) is 0 Å². The van der Waals surface area contributed by atoms with Gasteiger partial charge in [0, 0.05) is 12.4 Å². The van der Waals surface area contributed by atoms with Gasteiger partial charge in [-0.2, -0.15) is 0 Å². The predicted molar refractivity (Wildman–Crippen MR) is 84.8 cm³/mol. The van der Waals surface area contributed by atoms with Crippen LogP contribution in [0, 0.1) is 0 Å². The van der Waals surface area contributed by atoms with Gasteiger partial charge in [-0.25, -0.2) is 4.79 Å². The van der Waals surface area contributed by atoms with E-state index in [1.807, 2.05) is 30.3 Å². The molecule has 1 amide bonds. The van der Waals surface area contributed by atoms with Gasteiger partial charge in [-0.3, -0.25) is 15.3 Å². The normalized spacial score (nSPS) is 10.4. The molecule has 5 nitrogen and oxygen atoms in total. The van der Waals surface area contributed by atoms with E-state index in [-0.39, 0.29) is 6.61 Å². The van der Waals surface area contributed by atoms with Crippen LogP contribution < -0.4 is 5.32 Å². The molecule has 1 N–H and O–H groups in total. The number of carbonyl (C=O) groups is 1. The molecule has 0 unspecified atom stereocenters. The Morgan fingerprint density at radius 1 is 1.09 bits per heavy atom. The van der Waals surface area contributed by atoms with Crippen LogP contribution in [0.4, 0.5) is 10.5 Å². The highest BCUT2D eigenvalue weighted by Gasteiger charge is 2.12. The van der Waals surface area contributed by atoms with Crippen LogP contribution in [0.15, 0.2) is 54.9 Å². The fraction of sp³-hybridized carbons (Fsp3) is 0.0625. The lowest BCUT2D eigenvalue weighted by Gasteiger charge is -2.10. The molecule has 3 aromatic rings. The van der Waals surface area contributed by atoms with Gasteiger partial charge in [0.15, 0.2) is 0 Å². The molecule has 3 rings (SSSR count). The Labute approximate surface area is 131 Å². The maximum atomic E-state index is 11.9. The first-order chi connectivity index (χ1) is 10.7. The summed E-state index contributed by atoms with van der Waals surface area (Å²) in [5.74, 6) is 0. The molecule has 2 aromatic carbocycles. The van der Waals surface area contributed by atoms with Crippen LogP contribution >= 0.6 is 11.6 Å². The van der Waals surface area contributed by atoms with Gasteiger partial charge in [0.25, 0.3) is 0 Å². The van der Waals surface area contributed by atoms with E-state index in [1.54, 1.807) is 24.5 Å². The third kappa shape index (κ3) is 3.15. The highest BCUT2D eigenvalue weighted by molar-refractivity contribution is 6.35. The zero-order chi connectivity index (χ0) is 15.4. The molecular weight excluding hydrogens is 302 g/mol. The lowest BCUT2D eigenvalue weighted by Crippen LogP contribution is -2.14. The van der Waals surface area contributed by atoms with Gasteiger partial charge in [-0.1, -0.05) is 41.9 Å². The van der Waals surface area contributed by atoms with Crippen molar-refractivity contribution in [1.82, 2.24) is 9.97 Å². The van der Waals surface area contributed by atoms with Crippen molar-refractivity contribution in [3.05, 3.63) is 65.4 Å². The molecule has 0 aliphatic rings. The topological polar surface area (TPSA) is 64.1 Å². The zero-order valence-corrected chi connectivity index (χ0v) is 12.2. The number of carbonyl (C=O) groups excluding carboxylic acids is 1. The first-order valence-electron chi connectivity index (χ1n) is 6.61. The number of rotatable bonds is 3. The summed E-state index contributed by atoms with van der Waals surface area (Å²) in [5.41, 5.74) is 2.46. The molecule has 0 radical (unpaired) electrons. The monoisotopic (exact) mass is 313 g/mol. The minimum atomic E-state index is -0.594. The molecule has 0 saturated heterocycles. The van der Waals surface area contributed by atoms with Crippen LogP contribution in [0.5, 0.6) is 0 Å². The number of aromatic nitrogens is 2. The summed E-state index contributed by atoms with van der Waals surface area (Å²) in [7, 11) is 0. The van der Waals surface area contributed by atoms with Gasteiger partial charge in [0.1, 0.15) is 12.1 Å². The van der Waals surface area contributed by atoms with Crippen molar-refractivity contribution in [1.29, 1.82) is 0 Å². The summed E-state index contributed by atoms with van der Waals surface area (Å²) >= 11 is 6.13. The van der Waals surface area contributed by atoms with E-state index in [9.17, 15) is 4.79 Å². The highest BCUT2D eigenvalue weighted by Crippen LogP contribution is 2.28. The molecule has 0 bridgehead atoms. The van der Waals surface area contributed by atoms with Gasteiger partial charge in [0.2, 0.25) is 0 Å². The van der Waals surface area contributed by atoms with E-state index < -0.39 is 6.09 Å². The standard InChI is InChI=1S/C16H12ClN3O2/c17-12-6-7-13-15(19-9-8-18-13)14(12)20-16(21)22-10-11-4-2-1-3-5-11/h1-9H,10H2,(H,20,21). The fourth-order valence-corrected chi connectivity index (χ4v) is 2.19. The minimum absolute atomic E-state index is 0.181. The van der Waals surface area contributed by atoms with Crippen LogP contribution in [0.1, 0.15) is 5.56 Å². The van der Waals surface area contributed by atoms with Crippen LogP contribution in [0.3, 0.4) is 0 Å². The number of anilines is 1. The number of nitrogens with one attached hydrogen (secondary N) is 1. The first-order valence-corrected chi connectivity index (χ1v) is 6.99. The van der Waals surface area contributed by atoms with Crippen LogP contribution in [-0.4, -0.2) is 16.1 Å². The maximum Gasteiger partial charge on any atom is 0.412 e.